The van der Waals surface area contributed by atoms with Crippen LogP contribution >= 0.6 is 0 Å². The first-order valence-electron chi connectivity index (χ1n) is 8.44. The van der Waals surface area contributed by atoms with Crippen molar-refractivity contribution in [1.82, 2.24) is 4.90 Å². The molecule has 2 aliphatic rings. The predicted octanol–water partition coefficient (Wildman–Crippen LogP) is 2.94. The number of rotatable bonds is 4. The minimum atomic E-state index is -0.906. The maximum absolute atomic E-state index is 14.5. The summed E-state index contributed by atoms with van der Waals surface area (Å²) in [5.74, 6) is -1.11. The molecule has 1 aromatic carbocycles. The van der Waals surface area contributed by atoms with E-state index in [4.69, 9.17) is 4.74 Å². The van der Waals surface area contributed by atoms with E-state index in [2.05, 4.69) is 4.90 Å². The lowest BCUT2D eigenvalue weighted by Gasteiger charge is -2.34. The first-order valence-corrected chi connectivity index (χ1v) is 8.44. The van der Waals surface area contributed by atoms with Crippen molar-refractivity contribution in [2.75, 3.05) is 26.3 Å². The Balaban J connectivity index is 1.81. The molecule has 5 heteroatoms. The van der Waals surface area contributed by atoms with Crippen molar-refractivity contribution in [3.8, 4) is 0 Å². The summed E-state index contributed by atoms with van der Waals surface area (Å²) >= 11 is 0. The number of hydrogen-bond donors (Lipinski definition) is 1. The van der Waals surface area contributed by atoms with Gasteiger partial charge in [-0.1, -0.05) is 31.4 Å². The summed E-state index contributed by atoms with van der Waals surface area (Å²) in [4.78, 5) is 14.0. The van der Waals surface area contributed by atoms with Gasteiger partial charge in [-0.05, 0) is 24.5 Å². The van der Waals surface area contributed by atoms with Crippen LogP contribution in [0.15, 0.2) is 18.2 Å². The van der Waals surface area contributed by atoms with Gasteiger partial charge in [0.1, 0.15) is 5.82 Å². The van der Waals surface area contributed by atoms with Crippen LogP contribution in [0.5, 0.6) is 0 Å². The van der Waals surface area contributed by atoms with E-state index in [9.17, 15) is 14.3 Å². The zero-order valence-electron chi connectivity index (χ0n) is 13.4. The van der Waals surface area contributed by atoms with E-state index in [-0.39, 0.29) is 5.82 Å². The molecule has 1 aliphatic carbocycles. The van der Waals surface area contributed by atoms with Gasteiger partial charge < -0.3 is 9.84 Å². The van der Waals surface area contributed by atoms with Gasteiger partial charge in [-0.25, -0.2) is 4.39 Å². The van der Waals surface area contributed by atoms with Crippen LogP contribution in [0.25, 0.3) is 0 Å². The second kappa shape index (κ2) is 6.97. The molecule has 4 nitrogen and oxygen atoms in total. The van der Waals surface area contributed by atoms with Crippen LogP contribution in [0.3, 0.4) is 0 Å². The molecule has 126 valence electrons. The zero-order chi connectivity index (χ0) is 16.3. The summed E-state index contributed by atoms with van der Waals surface area (Å²) in [5.41, 5.74) is 0.344. The van der Waals surface area contributed by atoms with Gasteiger partial charge in [0.05, 0.1) is 18.6 Å². The average molecular weight is 321 g/mol. The first kappa shape index (κ1) is 16.4. The van der Waals surface area contributed by atoms with E-state index in [1.165, 1.54) is 6.07 Å². The SMILES string of the molecule is O=C(O)C1(c2ccc(CN3CCOCC3)c(F)c2)CCCCC1. The number of aliphatic carboxylic acids is 1. The molecule has 1 aromatic rings. The van der Waals surface area contributed by atoms with E-state index in [1.807, 2.05) is 6.07 Å². The fourth-order valence-electron chi connectivity index (χ4n) is 3.75. The maximum atomic E-state index is 14.5. The molecular weight excluding hydrogens is 297 g/mol. The second-order valence-electron chi connectivity index (χ2n) is 6.64. The molecule has 23 heavy (non-hydrogen) atoms. The first-order chi connectivity index (χ1) is 11.1. The third-order valence-corrected chi connectivity index (χ3v) is 5.22. The number of halogens is 1. The number of carboxylic acid groups (broad SMARTS) is 1. The summed E-state index contributed by atoms with van der Waals surface area (Å²) in [5, 5.41) is 9.72. The second-order valence-corrected chi connectivity index (χ2v) is 6.64. The highest BCUT2D eigenvalue weighted by molar-refractivity contribution is 5.81. The number of carboxylic acids is 1. The Morgan fingerprint density at radius 3 is 2.52 bits per heavy atom. The standard InChI is InChI=1S/C18H24FNO3/c19-16-12-15(18(17(21)22)6-2-1-3-7-18)5-4-14(16)13-20-8-10-23-11-9-20/h4-5,12H,1-3,6-11,13H2,(H,21,22). The fraction of sp³-hybridized carbons (Fsp3) is 0.611. The minimum Gasteiger partial charge on any atom is -0.481 e. The van der Waals surface area contributed by atoms with E-state index in [1.54, 1.807) is 6.07 Å². The Kier molecular flexibility index (Phi) is 4.97. The zero-order valence-corrected chi connectivity index (χ0v) is 13.4. The van der Waals surface area contributed by atoms with Crippen molar-refractivity contribution in [2.24, 2.45) is 0 Å². The Hall–Kier alpha value is -1.46. The van der Waals surface area contributed by atoms with Crippen LogP contribution in [0.1, 0.15) is 43.2 Å². The van der Waals surface area contributed by atoms with Crippen molar-refractivity contribution in [3.05, 3.63) is 35.1 Å². The fourth-order valence-corrected chi connectivity index (χ4v) is 3.75. The number of hydrogen-bond acceptors (Lipinski definition) is 3. The highest BCUT2D eigenvalue weighted by Crippen LogP contribution is 2.40. The Morgan fingerprint density at radius 2 is 1.91 bits per heavy atom. The van der Waals surface area contributed by atoms with Crippen molar-refractivity contribution in [2.45, 2.75) is 44.1 Å². The largest absolute Gasteiger partial charge is 0.481 e. The lowest BCUT2D eigenvalue weighted by Crippen LogP contribution is -2.38. The van der Waals surface area contributed by atoms with Crippen molar-refractivity contribution in [1.29, 1.82) is 0 Å². The van der Waals surface area contributed by atoms with Gasteiger partial charge >= 0.3 is 5.97 Å². The third-order valence-electron chi connectivity index (χ3n) is 5.22. The van der Waals surface area contributed by atoms with Crippen molar-refractivity contribution < 1.29 is 19.0 Å². The highest BCUT2D eigenvalue weighted by Gasteiger charge is 2.41. The number of benzene rings is 1. The van der Waals surface area contributed by atoms with Crippen LogP contribution in [0.4, 0.5) is 4.39 Å². The molecule has 0 bridgehead atoms. The molecule has 0 amide bonds. The summed E-state index contributed by atoms with van der Waals surface area (Å²) in [6.07, 6.45) is 4.05. The molecule has 0 aromatic heterocycles. The lowest BCUT2D eigenvalue weighted by molar-refractivity contribution is -0.145. The molecule has 1 heterocycles. The number of nitrogens with zero attached hydrogens (tertiary/aromatic N) is 1. The van der Waals surface area contributed by atoms with Gasteiger partial charge in [0.25, 0.3) is 0 Å². The molecule has 1 aliphatic heterocycles. The molecular formula is C18H24FNO3. The van der Waals surface area contributed by atoms with Crippen LogP contribution in [-0.4, -0.2) is 42.3 Å². The van der Waals surface area contributed by atoms with E-state index in [0.717, 1.165) is 32.4 Å². The molecule has 0 radical (unpaired) electrons. The molecule has 0 atom stereocenters. The van der Waals surface area contributed by atoms with Gasteiger partial charge in [0, 0.05) is 25.2 Å². The molecule has 1 N–H and O–H groups in total. The monoisotopic (exact) mass is 321 g/mol. The van der Waals surface area contributed by atoms with Crippen LogP contribution in [-0.2, 0) is 21.5 Å². The molecule has 0 unspecified atom stereocenters. The third kappa shape index (κ3) is 3.40. The van der Waals surface area contributed by atoms with Crippen LogP contribution < -0.4 is 0 Å². The van der Waals surface area contributed by atoms with E-state index < -0.39 is 11.4 Å². The number of morpholine rings is 1. The van der Waals surface area contributed by atoms with E-state index in [0.29, 0.717) is 43.7 Å². The Bertz CT molecular complexity index is 563. The maximum Gasteiger partial charge on any atom is 0.314 e. The van der Waals surface area contributed by atoms with Crippen molar-refractivity contribution in [3.63, 3.8) is 0 Å². The Morgan fingerprint density at radius 1 is 1.22 bits per heavy atom. The van der Waals surface area contributed by atoms with Crippen molar-refractivity contribution >= 4 is 5.97 Å². The van der Waals surface area contributed by atoms with Crippen LogP contribution in [0.2, 0.25) is 0 Å². The number of carbonyl (C=O) groups is 1. The van der Waals surface area contributed by atoms with Gasteiger partial charge in [0.2, 0.25) is 0 Å². The minimum absolute atomic E-state index is 0.291. The molecule has 1 saturated heterocycles. The summed E-state index contributed by atoms with van der Waals surface area (Å²) < 4.78 is 19.8. The van der Waals surface area contributed by atoms with Gasteiger partial charge in [-0.3, -0.25) is 9.69 Å². The molecule has 1 saturated carbocycles. The quantitative estimate of drug-likeness (QED) is 0.926. The summed E-state index contributed by atoms with van der Waals surface area (Å²) in [6, 6.07) is 5.03. The Labute approximate surface area is 136 Å². The smallest absolute Gasteiger partial charge is 0.314 e. The summed E-state index contributed by atoms with van der Waals surface area (Å²) in [6.45, 7) is 3.53. The van der Waals surface area contributed by atoms with Crippen LogP contribution in [0, 0.1) is 5.82 Å². The summed E-state index contributed by atoms with van der Waals surface area (Å²) in [7, 11) is 0. The van der Waals surface area contributed by atoms with Gasteiger partial charge in [-0.15, -0.1) is 0 Å². The predicted molar refractivity (Wildman–Crippen MR) is 84.9 cm³/mol. The average Bonchev–Trinajstić information content (AvgIpc) is 2.58. The van der Waals surface area contributed by atoms with E-state index >= 15 is 0 Å². The van der Waals surface area contributed by atoms with Gasteiger partial charge in [-0.2, -0.15) is 0 Å². The highest BCUT2D eigenvalue weighted by atomic mass is 19.1. The molecule has 0 spiro atoms. The molecule has 3 rings (SSSR count). The number of ether oxygens (including phenoxy) is 1. The lowest BCUT2D eigenvalue weighted by atomic mass is 9.69. The molecule has 2 fully saturated rings. The normalized spacial score (nSPS) is 22.0. The van der Waals surface area contributed by atoms with Gasteiger partial charge in [0.15, 0.2) is 0 Å². The topological polar surface area (TPSA) is 49.8 Å².